The number of rotatable bonds is 7. The molecule has 1 atom stereocenters. The number of nitrogens with one attached hydrogen (secondary N) is 2. The zero-order valence-electron chi connectivity index (χ0n) is 17.3. The molecule has 1 unspecified atom stereocenters. The lowest BCUT2D eigenvalue weighted by molar-refractivity contribution is -0.136. The monoisotopic (exact) mass is 454 g/mol. The molecule has 2 fully saturated rings. The molecule has 164 valence electrons. The van der Waals surface area contributed by atoms with Crippen molar-refractivity contribution >= 4 is 40.9 Å². The number of halogens is 2. The van der Waals surface area contributed by atoms with Crippen LogP contribution in [0.2, 0.25) is 10.0 Å². The normalized spacial score (nSPS) is 18.2. The Morgan fingerprint density at radius 1 is 1.10 bits per heavy atom. The van der Waals surface area contributed by atoms with Crippen LogP contribution in [0.5, 0.6) is 0 Å². The molecule has 0 spiro atoms. The Kier molecular flexibility index (Phi) is 7.60. The van der Waals surface area contributed by atoms with Gasteiger partial charge in [0, 0.05) is 37.2 Å². The Morgan fingerprint density at radius 2 is 1.77 bits per heavy atom. The largest absolute Gasteiger partial charge is 0.352 e. The molecule has 3 amide bonds. The minimum absolute atomic E-state index is 0.0458. The van der Waals surface area contributed by atoms with Crippen molar-refractivity contribution in [3.63, 3.8) is 0 Å². The van der Waals surface area contributed by atoms with E-state index in [1.807, 2.05) is 13.8 Å². The van der Waals surface area contributed by atoms with Crippen molar-refractivity contribution in [1.82, 2.24) is 20.4 Å². The molecule has 1 aromatic rings. The van der Waals surface area contributed by atoms with Crippen LogP contribution < -0.4 is 10.6 Å². The van der Waals surface area contributed by atoms with E-state index in [0.29, 0.717) is 43.8 Å². The minimum atomic E-state index is -0.658. The zero-order chi connectivity index (χ0) is 21.8. The van der Waals surface area contributed by atoms with Gasteiger partial charge in [-0.2, -0.15) is 0 Å². The number of carbonyl (C=O) groups is 3. The second-order valence-corrected chi connectivity index (χ2v) is 9.11. The molecule has 30 heavy (non-hydrogen) atoms. The average molecular weight is 455 g/mol. The van der Waals surface area contributed by atoms with E-state index in [0.717, 1.165) is 12.8 Å². The molecular formula is C21H28Cl2N4O3. The number of amides is 3. The van der Waals surface area contributed by atoms with Crippen molar-refractivity contribution in [3.8, 4) is 0 Å². The number of benzene rings is 1. The fourth-order valence-electron chi connectivity index (χ4n) is 3.43. The van der Waals surface area contributed by atoms with Crippen molar-refractivity contribution in [3.05, 3.63) is 33.8 Å². The third-order valence-corrected chi connectivity index (χ3v) is 5.94. The van der Waals surface area contributed by atoms with E-state index in [-0.39, 0.29) is 28.3 Å². The molecule has 0 radical (unpaired) electrons. The second-order valence-electron chi connectivity index (χ2n) is 8.26. The summed E-state index contributed by atoms with van der Waals surface area (Å²) >= 11 is 12.0. The first-order valence-electron chi connectivity index (χ1n) is 10.3. The van der Waals surface area contributed by atoms with E-state index in [4.69, 9.17) is 23.2 Å². The molecule has 0 aromatic heterocycles. The Hall–Kier alpha value is -1.83. The third-order valence-electron chi connectivity index (χ3n) is 5.39. The molecule has 1 aliphatic carbocycles. The maximum absolute atomic E-state index is 13.1. The second kappa shape index (κ2) is 9.98. The predicted molar refractivity (Wildman–Crippen MR) is 117 cm³/mol. The summed E-state index contributed by atoms with van der Waals surface area (Å²) < 4.78 is 0. The van der Waals surface area contributed by atoms with Gasteiger partial charge in [0.15, 0.2) is 0 Å². The summed E-state index contributed by atoms with van der Waals surface area (Å²) in [5.74, 6) is -0.566. The molecular weight excluding hydrogens is 427 g/mol. The topological polar surface area (TPSA) is 81.8 Å². The van der Waals surface area contributed by atoms with E-state index in [2.05, 4.69) is 15.5 Å². The molecule has 0 bridgehead atoms. The first-order chi connectivity index (χ1) is 14.2. The molecule has 9 heteroatoms. The fraction of sp³-hybridized carbons (Fsp3) is 0.571. The molecule has 1 aromatic carbocycles. The van der Waals surface area contributed by atoms with Crippen LogP contribution in [0.4, 0.5) is 0 Å². The van der Waals surface area contributed by atoms with Crippen molar-refractivity contribution in [2.45, 2.75) is 38.8 Å². The van der Waals surface area contributed by atoms with Gasteiger partial charge in [0.05, 0.1) is 17.1 Å². The molecule has 1 heterocycles. The first kappa shape index (κ1) is 22.8. The van der Waals surface area contributed by atoms with Crippen LogP contribution in [0.15, 0.2) is 18.2 Å². The Bertz CT molecular complexity index is 805. The number of hydrogen-bond donors (Lipinski definition) is 2. The summed E-state index contributed by atoms with van der Waals surface area (Å²) in [6.07, 6.45) is 2.13. The highest BCUT2D eigenvalue weighted by atomic mass is 35.5. The molecule has 7 nitrogen and oxygen atoms in total. The lowest BCUT2D eigenvalue weighted by atomic mass is 10.0. The van der Waals surface area contributed by atoms with E-state index in [9.17, 15) is 14.4 Å². The number of hydrogen-bond acceptors (Lipinski definition) is 4. The van der Waals surface area contributed by atoms with Crippen molar-refractivity contribution in [2.75, 3.05) is 32.7 Å². The summed E-state index contributed by atoms with van der Waals surface area (Å²) in [5, 5.41) is 6.50. The van der Waals surface area contributed by atoms with E-state index < -0.39 is 11.9 Å². The third kappa shape index (κ3) is 6.09. The lowest BCUT2D eigenvalue weighted by Crippen LogP contribution is -2.57. The Labute approximate surface area is 187 Å². The fourth-order valence-corrected chi connectivity index (χ4v) is 3.93. The van der Waals surface area contributed by atoms with Crippen LogP contribution in [-0.4, -0.2) is 72.3 Å². The summed E-state index contributed by atoms with van der Waals surface area (Å²) in [7, 11) is 0. The quantitative estimate of drug-likeness (QED) is 0.661. The molecule has 1 aliphatic heterocycles. The van der Waals surface area contributed by atoms with Gasteiger partial charge in [-0.25, -0.2) is 0 Å². The Balaban J connectivity index is 1.55. The van der Waals surface area contributed by atoms with Crippen LogP contribution in [0.1, 0.15) is 37.0 Å². The smallest absolute Gasteiger partial charge is 0.253 e. The maximum Gasteiger partial charge on any atom is 0.253 e. The summed E-state index contributed by atoms with van der Waals surface area (Å²) in [4.78, 5) is 41.6. The number of nitrogens with zero attached hydrogens (tertiary/aromatic N) is 2. The summed E-state index contributed by atoms with van der Waals surface area (Å²) in [5.41, 5.74) is 0.283. The van der Waals surface area contributed by atoms with Gasteiger partial charge in [-0.1, -0.05) is 37.0 Å². The van der Waals surface area contributed by atoms with Gasteiger partial charge < -0.3 is 15.5 Å². The Morgan fingerprint density at radius 3 is 2.33 bits per heavy atom. The highest BCUT2D eigenvalue weighted by Gasteiger charge is 2.32. The molecule has 3 rings (SSSR count). The summed E-state index contributed by atoms with van der Waals surface area (Å²) in [6.45, 7) is 6.46. The maximum atomic E-state index is 13.1. The minimum Gasteiger partial charge on any atom is -0.352 e. The van der Waals surface area contributed by atoms with Gasteiger partial charge in [-0.3, -0.25) is 19.3 Å². The number of piperazine rings is 1. The van der Waals surface area contributed by atoms with E-state index >= 15 is 0 Å². The summed E-state index contributed by atoms with van der Waals surface area (Å²) in [6, 6.07) is 4.34. The van der Waals surface area contributed by atoms with Gasteiger partial charge in [0.1, 0.15) is 6.04 Å². The highest BCUT2D eigenvalue weighted by Crippen LogP contribution is 2.22. The van der Waals surface area contributed by atoms with E-state index in [1.165, 1.54) is 6.07 Å². The van der Waals surface area contributed by atoms with Gasteiger partial charge in [0.25, 0.3) is 5.91 Å². The van der Waals surface area contributed by atoms with Crippen molar-refractivity contribution < 1.29 is 14.4 Å². The lowest BCUT2D eigenvalue weighted by Gasteiger charge is -2.37. The number of carbonyl (C=O) groups excluding carboxylic acids is 3. The average Bonchev–Trinajstić information content (AvgIpc) is 3.49. The van der Waals surface area contributed by atoms with Crippen LogP contribution in [0.25, 0.3) is 0 Å². The van der Waals surface area contributed by atoms with Gasteiger partial charge in [-0.15, -0.1) is 0 Å². The van der Waals surface area contributed by atoms with Gasteiger partial charge in [0.2, 0.25) is 11.8 Å². The van der Waals surface area contributed by atoms with Crippen molar-refractivity contribution in [1.29, 1.82) is 0 Å². The van der Waals surface area contributed by atoms with Crippen LogP contribution >= 0.6 is 23.2 Å². The van der Waals surface area contributed by atoms with Gasteiger partial charge >= 0.3 is 0 Å². The van der Waals surface area contributed by atoms with Crippen LogP contribution in [-0.2, 0) is 9.59 Å². The molecule has 2 aliphatic rings. The molecule has 1 saturated carbocycles. The highest BCUT2D eigenvalue weighted by molar-refractivity contribution is 6.36. The zero-order valence-corrected chi connectivity index (χ0v) is 18.8. The SMILES string of the molecule is CC(C)C(NC(=O)c1ccc(Cl)cc1Cl)C(=O)N1CCN(CC(=O)NC2CC2)CC1. The standard InChI is InChI=1S/C21H28Cl2N4O3/c1-13(2)19(25-20(29)16-6-3-14(22)11-17(16)23)21(30)27-9-7-26(8-10-27)12-18(28)24-15-4-5-15/h3,6,11,13,15,19H,4-5,7-10,12H2,1-2H3,(H,24,28)(H,25,29). The van der Waals surface area contributed by atoms with Gasteiger partial charge in [-0.05, 0) is 37.0 Å². The molecule has 1 saturated heterocycles. The first-order valence-corrected chi connectivity index (χ1v) is 11.1. The van der Waals surface area contributed by atoms with Crippen LogP contribution in [0, 0.1) is 5.92 Å². The van der Waals surface area contributed by atoms with Crippen LogP contribution in [0.3, 0.4) is 0 Å². The predicted octanol–water partition coefficient (Wildman–Crippen LogP) is 2.17. The van der Waals surface area contributed by atoms with E-state index in [1.54, 1.807) is 17.0 Å². The van der Waals surface area contributed by atoms with Crippen molar-refractivity contribution in [2.24, 2.45) is 5.92 Å². The molecule has 2 N–H and O–H groups in total.